The van der Waals surface area contributed by atoms with Gasteiger partial charge in [-0.2, -0.15) is 0 Å². The number of ether oxygens (including phenoxy) is 2. The number of carbonyl (C=O) groups is 1. The number of hydrogen-bond acceptors (Lipinski definition) is 4. The number of benzene rings is 2. The van der Waals surface area contributed by atoms with Crippen molar-refractivity contribution in [2.45, 2.75) is 13.8 Å². The SMILES string of the molecule is Cc1c(O)ccc(Oc2c(Cl)cc3[nH]c(OC(=O)O)cc3c2Cl)c1C. The zero-order valence-electron chi connectivity index (χ0n) is 13.2. The fourth-order valence-electron chi connectivity index (χ4n) is 2.40. The highest BCUT2D eigenvalue weighted by molar-refractivity contribution is 6.41. The number of phenols is 1. The first-order valence-electron chi connectivity index (χ1n) is 7.16. The number of fused-ring (bicyclic) bond motifs is 1. The van der Waals surface area contributed by atoms with Crippen LogP contribution in [-0.4, -0.2) is 21.4 Å². The fourth-order valence-corrected chi connectivity index (χ4v) is 2.99. The van der Waals surface area contributed by atoms with E-state index in [9.17, 15) is 9.90 Å². The van der Waals surface area contributed by atoms with Crippen LogP contribution in [0.15, 0.2) is 24.3 Å². The Bertz CT molecular complexity index is 997. The highest BCUT2D eigenvalue weighted by Crippen LogP contribution is 2.43. The lowest BCUT2D eigenvalue weighted by molar-refractivity contribution is 0.143. The van der Waals surface area contributed by atoms with E-state index in [1.54, 1.807) is 26.0 Å². The molecule has 1 aromatic heterocycles. The minimum atomic E-state index is -1.44. The molecule has 2 aromatic carbocycles. The molecule has 0 bridgehead atoms. The largest absolute Gasteiger partial charge is 0.512 e. The van der Waals surface area contributed by atoms with Gasteiger partial charge in [0.1, 0.15) is 11.5 Å². The van der Waals surface area contributed by atoms with Crippen LogP contribution in [0.1, 0.15) is 11.1 Å². The molecule has 3 aromatic rings. The van der Waals surface area contributed by atoms with Crippen LogP contribution in [0.2, 0.25) is 10.0 Å². The highest BCUT2D eigenvalue weighted by Gasteiger charge is 2.18. The molecule has 0 fully saturated rings. The maximum Gasteiger partial charge on any atom is 0.512 e. The molecule has 130 valence electrons. The van der Waals surface area contributed by atoms with Crippen LogP contribution in [0.25, 0.3) is 10.9 Å². The molecule has 3 N–H and O–H groups in total. The van der Waals surface area contributed by atoms with E-state index in [0.29, 0.717) is 22.2 Å². The summed E-state index contributed by atoms with van der Waals surface area (Å²) in [6.07, 6.45) is -1.44. The van der Waals surface area contributed by atoms with Gasteiger partial charge in [-0.1, -0.05) is 23.2 Å². The number of nitrogens with one attached hydrogen (secondary N) is 1. The molecule has 25 heavy (non-hydrogen) atoms. The lowest BCUT2D eigenvalue weighted by Crippen LogP contribution is -2.02. The first-order chi connectivity index (χ1) is 11.8. The summed E-state index contributed by atoms with van der Waals surface area (Å²) in [4.78, 5) is 13.4. The molecule has 0 saturated carbocycles. The van der Waals surface area contributed by atoms with E-state index in [4.69, 9.17) is 33.0 Å². The standard InChI is InChI=1S/C17H13Cl2NO5/c1-7-8(2)13(4-3-12(7)21)24-16-10(18)6-11-9(15(16)19)5-14(20-11)25-17(22)23/h3-6,20-21H,1-2H3,(H,22,23). The number of rotatable bonds is 3. The van der Waals surface area contributed by atoms with Crippen molar-refractivity contribution in [1.82, 2.24) is 4.98 Å². The van der Waals surface area contributed by atoms with Gasteiger partial charge in [0.2, 0.25) is 5.88 Å². The van der Waals surface area contributed by atoms with E-state index in [-0.39, 0.29) is 27.4 Å². The van der Waals surface area contributed by atoms with Gasteiger partial charge < -0.3 is 24.7 Å². The average Bonchev–Trinajstić information content (AvgIpc) is 2.92. The van der Waals surface area contributed by atoms with Crippen molar-refractivity contribution in [3.8, 4) is 23.1 Å². The van der Waals surface area contributed by atoms with Crippen molar-refractivity contribution in [2.24, 2.45) is 0 Å². The van der Waals surface area contributed by atoms with Crippen LogP contribution in [0, 0.1) is 13.8 Å². The molecule has 8 heteroatoms. The molecule has 0 radical (unpaired) electrons. The molecule has 3 rings (SSSR count). The number of hydrogen-bond donors (Lipinski definition) is 3. The zero-order chi connectivity index (χ0) is 18.3. The molecule has 0 atom stereocenters. The van der Waals surface area contributed by atoms with Crippen molar-refractivity contribution in [2.75, 3.05) is 0 Å². The van der Waals surface area contributed by atoms with E-state index in [2.05, 4.69) is 9.72 Å². The predicted molar refractivity (Wildman–Crippen MR) is 94.6 cm³/mol. The van der Waals surface area contributed by atoms with E-state index in [0.717, 1.165) is 5.56 Å². The van der Waals surface area contributed by atoms with Crippen LogP contribution in [-0.2, 0) is 0 Å². The van der Waals surface area contributed by atoms with Gasteiger partial charge >= 0.3 is 6.16 Å². The topological polar surface area (TPSA) is 91.8 Å². The van der Waals surface area contributed by atoms with Crippen LogP contribution < -0.4 is 9.47 Å². The van der Waals surface area contributed by atoms with E-state index in [1.807, 2.05) is 0 Å². The molecule has 0 unspecified atom stereocenters. The molecule has 1 heterocycles. The Morgan fingerprint density at radius 3 is 2.56 bits per heavy atom. The Labute approximate surface area is 152 Å². The number of aromatic nitrogens is 1. The first kappa shape index (κ1) is 17.3. The van der Waals surface area contributed by atoms with Gasteiger partial charge in [-0.15, -0.1) is 0 Å². The van der Waals surface area contributed by atoms with Crippen LogP contribution in [0.4, 0.5) is 4.79 Å². The summed E-state index contributed by atoms with van der Waals surface area (Å²) in [6, 6.07) is 6.15. The molecule has 0 amide bonds. The monoisotopic (exact) mass is 381 g/mol. The number of aromatic hydroxyl groups is 1. The number of carboxylic acid groups (broad SMARTS) is 1. The van der Waals surface area contributed by atoms with Crippen LogP contribution in [0.5, 0.6) is 23.1 Å². The summed E-state index contributed by atoms with van der Waals surface area (Å²) in [5.41, 5.74) is 1.94. The van der Waals surface area contributed by atoms with Gasteiger partial charge in [0.05, 0.1) is 15.6 Å². The third-order valence-electron chi connectivity index (χ3n) is 3.87. The number of halogens is 2. The molecule has 6 nitrogen and oxygen atoms in total. The minimum absolute atomic E-state index is 0.0225. The summed E-state index contributed by atoms with van der Waals surface area (Å²) in [5.74, 6) is 0.911. The van der Waals surface area contributed by atoms with Crippen LogP contribution in [0.3, 0.4) is 0 Å². The fraction of sp³-hybridized carbons (Fsp3) is 0.118. The quantitative estimate of drug-likeness (QED) is 0.510. The van der Waals surface area contributed by atoms with E-state index >= 15 is 0 Å². The summed E-state index contributed by atoms with van der Waals surface area (Å²) >= 11 is 12.6. The Kier molecular flexibility index (Phi) is 4.41. The van der Waals surface area contributed by atoms with E-state index < -0.39 is 6.16 Å². The van der Waals surface area contributed by atoms with Crippen molar-refractivity contribution >= 4 is 40.3 Å². The third kappa shape index (κ3) is 3.18. The van der Waals surface area contributed by atoms with Crippen molar-refractivity contribution in [3.05, 3.63) is 45.4 Å². The Morgan fingerprint density at radius 2 is 1.88 bits per heavy atom. The Hall–Kier alpha value is -2.57. The Balaban J connectivity index is 2.07. The normalized spacial score (nSPS) is 10.9. The smallest absolute Gasteiger partial charge is 0.508 e. The zero-order valence-corrected chi connectivity index (χ0v) is 14.7. The van der Waals surface area contributed by atoms with Gasteiger partial charge in [0, 0.05) is 11.5 Å². The molecule has 0 saturated heterocycles. The average molecular weight is 382 g/mol. The Morgan fingerprint density at radius 1 is 1.16 bits per heavy atom. The third-order valence-corrected chi connectivity index (χ3v) is 4.52. The highest BCUT2D eigenvalue weighted by atomic mass is 35.5. The second kappa shape index (κ2) is 6.38. The van der Waals surface area contributed by atoms with Crippen molar-refractivity contribution in [1.29, 1.82) is 0 Å². The van der Waals surface area contributed by atoms with Gasteiger partial charge in [0.15, 0.2) is 5.75 Å². The lowest BCUT2D eigenvalue weighted by atomic mass is 10.1. The number of H-pyrrole nitrogens is 1. The van der Waals surface area contributed by atoms with E-state index in [1.165, 1.54) is 12.1 Å². The summed E-state index contributed by atoms with van der Waals surface area (Å²) in [6.45, 7) is 3.57. The first-order valence-corrected chi connectivity index (χ1v) is 7.92. The molecular formula is C17H13Cl2NO5. The van der Waals surface area contributed by atoms with Gasteiger partial charge in [0.25, 0.3) is 0 Å². The molecule has 0 aliphatic heterocycles. The second-order valence-electron chi connectivity index (χ2n) is 5.40. The summed E-state index contributed by atoms with van der Waals surface area (Å²) < 4.78 is 10.4. The number of phenolic OH excluding ortho intramolecular Hbond substituents is 1. The van der Waals surface area contributed by atoms with Crippen LogP contribution >= 0.6 is 23.2 Å². The lowest BCUT2D eigenvalue weighted by Gasteiger charge is -2.14. The molecule has 0 aliphatic carbocycles. The molecule has 0 spiro atoms. The van der Waals surface area contributed by atoms with Gasteiger partial charge in [-0.25, -0.2) is 4.79 Å². The van der Waals surface area contributed by atoms with Crippen molar-refractivity contribution in [3.63, 3.8) is 0 Å². The van der Waals surface area contributed by atoms with Gasteiger partial charge in [-0.05, 0) is 43.2 Å². The molecule has 0 aliphatic rings. The maximum atomic E-state index is 10.7. The predicted octanol–water partition coefficient (Wildman–Crippen LogP) is 5.65. The second-order valence-corrected chi connectivity index (χ2v) is 6.18. The summed E-state index contributed by atoms with van der Waals surface area (Å²) in [7, 11) is 0. The molecular weight excluding hydrogens is 369 g/mol. The number of aromatic amines is 1. The summed E-state index contributed by atoms with van der Waals surface area (Å²) in [5, 5.41) is 19.4. The van der Waals surface area contributed by atoms with Crippen molar-refractivity contribution < 1.29 is 24.5 Å². The minimum Gasteiger partial charge on any atom is -0.508 e. The van der Waals surface area contributed by atoms with Gasteiger partial charge in [-0.3, -0.25) is 0 Å². The maximum absolute atomic E-state index is 10.7.